The van der Waals surface area contributed by atoms with Crippen LogP contribution in [0.1, 0.15) is 22.5 Å². The van der Waals surface area contributed by atoms with Crippen LogP contribution in [0.5, 0.6) is 0 Å². The molecule has 1 aromatic carbocycles. The first kappa shape index (κ1) is 17.4. The highest BCUT2D eigenvalue weighted by molar-refractivity contribution is 9.10. The zero-order chi connectivity index (χ0) is 16.7. The first-order chi connectivity index (χ1) is 11.1. The van der Waals surface area contributed by atoms with E-state index in [1.807, 2.05) is 25.1 Å². The van der Waals surface area contributed by atoms with Gasteiger partial charge in [-0.25, -0.2) is 0 Å². The number of ether oxygens (including phenoxy) is 1. The van der Waals surface area contributed by atoms with Crippen LogP contribution in [-0.4, -0.2) is 36.4 Å². The fraction of sp³-hybridized carbons (Fsp3) is 0.312. The van der Waals surface area contributed by atoms with E-state index >= 15 is 0 Å². The molecular formula is C16H19BrN4O2. The molecule has 0 spiro atoms. The van der Waals surface area contributed by atoms with E-state index < -0.39 is 0 Å². The topological polar surface area (TPSA) is 76.1 Å². The number of benzene rings is 1. The molecule has 2 N–H and O–H groups in total. The Hall–Kier alpha value is -1.99. The van der Waals surface area contributed by atoms with Crippen molar-refractivity contribution in [3.05, 3.63) is 46.1 Å². The molecule has 0 saturated carbocycles. The van der Waals surface area contributed by atoms with Crippen molar-refractivity contribution < 1.29 is 9.53 Å². The maximum Gasteiger partial charge on any atom is 0.271 e. The molecular weight excluding hydrogens is 360 g/mol. The molecule has 0 aliphatic heterocycles. The molecule has 0 unspecified atom stereocenters. The van der Waals surface area contributed by atoms with Gasteiger partial charge in [0.15, 0.2) is 11.5 Å². The van der Waals surface area contributed by atoms with Crippen LogP contribution >= 0.6 is 15.9 Å². The van der Waals surface area contributed by atoms with Gasteiger partial charge in [0.2, 0.25) is 0 Å². The molecule has 2 rings (SSSR count). The van der Waals surface area contributed by atoms with Crippen LogP contribution in [0.3, 0.4) is 0 Å². The number of rotatable bonds is 7. The number of nitrogens with one attached hydrogen (secondary N) is 2. The quantitative estimate of drug-likeness (QED) is 0.724. The average molecular weight is 379 g/mol. The second kappa shape index (κ2) is 8.59. The maximum atomic E-state index is 11.9. The number of carbonyl (C=O) groups excluding carboxylic acids is 1. The summed E-state index contributed by atoms with van der Waals surface area (Å²) in [6.45, 7) is 3.17. The van der Waals surface area contributed by atoms with E-state index in [0.29, 0.717) is 24.7 Å². The highest BCUT2D eigenvalue weighted by Crippen LogP contribution is 2.22. The molecule has 0 radical (unpaired) electrons. The molecule has 122 valence electrons. The van der Waals surface area contributed by atoms with Crippen molar-refractivity contribution in [1.29, 1.82) is 0 Å². The number of aryl methyl sites for hydroxylation is 1. The molecule has 0 bridgehead atoms. The number of anilines is 2. The molecule has 7 heteroatoms. The number of amides is 1. The first-order valence-electron chi connectivity index (χ1n) is 7.24. The zero-order valence-corrected chi connectivity index (χ0v) is 14.7. The van der Waals surface area contributed by atoms with Gasteiger partial charge in [0.25, 0.3) is 5.91 Å². The highest BCUT2D eigenvalue weighted by atomic mass is 79.9. The minimum absolute atomic E-state index is 0.236. The third-order valence-electron chi connectivity index (χ3n) is 3.14. The fourth-order valence-corrected chi connectivity index (χ4v) is 2.15. The van der Waals surface area contributed by atoms with Crippen molar-refractivity contribution >= 4 is 33.3 Å². The number of halogens is 1. The minimum Gasteiger partial charge on any atom is -0.385 e. The Morgan fingerprint density at radius 2 is 2.09 bits per heavy atom. The monoisotopic (exact) mass is 378 g/mol. The van der Waals surface area contributed by atoms with E-state index in [0.717, 1.165) is 22.1 Å². The van der Waals surface area contributed by atoms with E-state index in [1.54, 1.807) is 19.2 Å². The SMILES string of the molecule is COCCCNC(=O)c1ccc(Nc2ccc(Br)c(C)c2)nn1. The van der Waals surface area contributed by atoms with Crippen molar-refractivity contribution in [3.8, 4) is 0 Å². The summed E-state index contributed by atoms with van der Waals surface area (Å²) in [5, 5.41) is 13.9. The smallest absolute Gasteiger partial charge is 0.271 e. The molecule has 0 aliphatic rings. The van der Waals surface area contributed by atoms with Crippen LogP contribution in [0.2, 0.25) is 0 Å². The summed E-state index contributed by atoms with van der Waals surface area (Å²) in [5.74, 6) is 0.349. The van der Waals surface area contributed by atoms with Crippen molar-refractivity contribution in [2.24, 2.45) is 0 Å². The van der Waals surface area contributed by atoms with Crippen molar-refractivity contribution in [2.75, 3.05) is 25.6 Å². The number of aromatic nitrogens is 2. The lowest BCUT2D eigenvalue weighted by molar-refractivity contribution is 0.0942. The molecule has 1 amide bonds. The van der Waals surface area contributed by atoms with Gasteiger partial charge in [-0.3, -0.25) is 4.79 Å². The molecule has 23 heavy (non-hydrogen) atoms. The number of carbonyl (C=O) groups is 1. The summed E-state index contributed by atoms with van der Waals surface area (Å²) in [5.41, 5.74) is 2.33. The van der Waals surface area contributed by atoms with Crippen LogP contribution in [-0.2, 0) is 4.74 Å². The lowest BCUT2D eigenvalue weighted by Crippen LogP contribution is -2.26. The lowest BCUT2D eigenvalue weighted by Gasteiger charge is -2.08. The molecule has 1 heterocycles. The summed E-state index contributed by atoms with van der Waals surface area (Å²) >= 11 is 3.46. The predicted octanol–water partition coefficient (Wildman–Crippen LogP) is 3.06. The van der Waals surface area contributed by atoms with Gasteiger partial charge < -0.3 is 15.4 Å². The third-order valence-corrected chi connectivity index (χ3v) is 4.03. The lowest BCUT2D eigenvalue weighted by atomic mass is 10.2. The summed E-state index contributed by atoms with van der Waals surface area (Å²) in [4.78, 5) is 11.9. The van der Waals surface area contributed by atoms with Crippen LogP contribution in [0.25, 0.3) is 0 Å². The van der Waals surface area contributed by atoms with Crippen molar-refractivity contribution in [1.82, 2.24) is 15.5 Å². The normalized spacial score (nSPS) is 10.4. The molecule has 1 aromatic heterocycles. The number of nitrogens with zero attached hydrogens (tertiary/aromatic N) is 2. The summed E-state index contributed by atoms with van der Waals surface area (Å²) < 4.78 is 5.98. The van der Waals surface area contributed by atoms with Gasteiger partial charge in [0.05, 0.1) is 0 Å². The maximum absolute atomic E-state index is 11.9. The molecule has 0 fully saturated rings. The van der Waals surface area contributed by atoms with E-state index in [4.69, 9.17) is 4.74 Å². The second-order valence-electron chi connectivity index (χ2n) is 5.00. The molecule has 2 aromatic rings. The number of methoxy groups -OCH3 is 1. The van der Waals surface area contributed by atoms with Crippen LogP contribution in [0.15, 0.2) is 34.8 Å². The number of hydrogen-bond acceptors (Lipinski definition) is 5. The molecule has 6 nitrogen and oxygen atoms in total. The van der Waals surface area contributed by atoms with Gasteiger partial charge in [-0.2, -0.15) is 0 Å². The largest absolute Gasteiger partial charge is 0.385 e. The minimum atomic E-state index is -0.236. The summed E-state index contributed by atoms with van der Waals surface area (Å²) in [7, 11) is 1.63. The third kappa shape index (κ3) is 5.30. The van der Waals surface area contributed by atoms with Gasteiger partial charge >= 0.3 is 0 Å². The molecule has 0 saturated heterocycles. The summed E-state index contributed by atoms with van der Waals surface area (Å²) in [6, 6.07) is 9.28. The van der Waals surface area contributed by atoms with Gasteiger partial charge in [0, 0.05) is 30.4 Å². The van der Waals surface area contributed by atoms with Crippen LogP contribution in [0.4, 0.5) is 11.5 Å². The second-order valence-corrected chi connectivity index (χ2v) is 5.85. The van der Waals surface area contributed by atoms with Crippen molar-refractivity contribution in [2.45, 2.75) is 13.3 Å². The standard InChI is InChI=1S/C16H19BrN4O2/c1-11-10-12(4-5-13(11)17)19-15-7-6-14(20-21-15)16(22)18-8-3-9-23-2/h4-7,10H,3,8-9H2,1-2H3,(H,18,22)(H,19,21). The van der Waals surface area contributed by atoms with Gasteiger partial charge in [0.1, 0.15) is 0 Å². The number of hydrogen-bond donors (Lipinski definition) is 2. The first-order valence-corrected chi connectivity index (χ1v) is 8.03. The Kier molecular flexibility index (Phi) is 6.49. The van der Waals surface area contributed by atoms with E-state index in [-0.39, 0.29) is 5.91 Å². The van der Waals surface area contributed by atoms with Crippen LogP contribution < -0.4 is 10.6 Å². The Labute approximate surface area is 143 Å². The highest BCUT2D eigenvalue weighted by Gasteiger charge is 2.07. The summed E-state index contributed by atoms with van der Waals surface area (Å²) in [6.07, 6.45) is 0.762. The predicted molar refractivity (Wildman–Crippen MR) is 93.0 cm³/mol. The van der Waals surface area contributed by atoms with Crippen LogP contribution in [0, 0.1) is 6.92 Å². The van der Waals surface area contributed by atoms with Gasteiger partial charge in [-0.05, 0) is 49.2 Å². The van der Waals surface area contributed by atoms with E-state index in [1.165, 1.54) is 0 Å². The average Bonchev–Trinajstić information content (AvgIpc) is 2.55. The Morgan fingerprint density at radius 1 is 1.26 bits per heavy atom. The molecule has 0 atom stereocenters. The van der Waals surface area contributed by atoms with Gasteiger partial charge in [-0.15, -0.1) is 10.2 Å². The van der Waals surface area contributed by atoms with E-state index in [2.05, 4.69) is 36.8 Å². The van der Waals surface area contributed by atoms with Gasteiger partial charge in [-0.1, -0.05) is 15.9 Å². The Bertz CT molecular complexity index is 662. The van der Waals surface area contributed by atoms with Crippen molar-refractivity contribution in [3.63, 3.8) is 0 Å². The Balaban J connectivity index is 1.93. The Morgan fingerprint density at radius 3 is 2.74 bits per heavy atom. The zero-order valence-electron chi connectivity index (χ0n) is 13.1. The van der Waals surface area contributed by atoms with E-state index in [9.17, 15) is 4.79 Å². The fourth-order valence-electron chi connectivity index (χ4n) is 1.90. The molecule has 0 aliphatic carbocycles.